The van der Waals surface area contributed by atoms with Crippen molar-refractivity contribution in [1.82, 2.24) is 5.32 Å². The Kier molecular flexibility index (Phi) is 5.86. The Labute approximate surface area is 132 Å². The maximum Gasteiger partial charge on any atom is 0.228 e. The van der Waals surface area contributed by atoms with Gasteiger partial charge in [-0.05, 0) is 31.9 Å². The molecule has 0 radical (unpaired) electrons. The van der Waals surface area contributed by atoms with E-state index in [1.54, 1.807) is 0 Å². The SMILES string of the molecule is C[SiH](C)OC(C)([C@H]1C(=O)N[C@@H]1CC(O)CBr)C(C)(C)C. The molecule has 1 aliphatic rings. The lowest BCUT2D eigenvalue weighted by Gasteiger charge is -2.54. The molecular weight excluding hydrogens is 338 g/mol. The van der Waals surface area contributed by atoms with Crippen molar-refractivity contribution >= 4 is 30.9 Å². The minimum Gasteiger partial charge on any atom is -0.414 e. The van der Waals surface area contributed by atoms with Crippen LogP contribution in [0, 0.1) is 11.3 Å². The third kappa shape index (κ3) is 3.64. The van der Waals surface area contributed by atoms with Crippen LogP contribution in [0.1, 0.15) is 34.1 Å². The van der Waals surface area contributed by atoms with Gasteiger partial charge in [-0.3, -0.25) is 4.79 Å². The van der Waals surface area contributed by atoms with Crippen LogP contribution in [-0.4, -0.2) is 43.1 Å². The fourth-order valence-corrected chi connectivity index (χ4v) is 4.58. The number of rotatable bonds is 6. The molecule has 4 nitrogen and oxygen atoms in total. The first-order valence-corrected chi connectivity index (χ1v) is 11.2. The Hall–Kier alpha value is 0.0869. The van der Waals surface area contributed by atoms with Crippen molar-refractivity contribution in [2.75, 3.05) is 5.33 Å². The van der Waals surface area contributed by atoms with Crippen molar-refractivity contribution < 1.29 is 14.3 Å². The van der Waals surface area contributed by atoms with Gasteiger partial charge in [-0.15, -0.1) is 0 Å². The van der Waals surface area contributed by atoms with Crippen LogP contribution in [0.25, 0.3) is 0 Å². The van der Waals surface area contributed by atoms with Gasteiger partial charge in [-0.1, -0.05) is 36.7 Å². The van der Waals surface area contributed by atoms with Crippen LogP contribution in [0.3, 0.4) is 0 Å². The van der Waals surface area contributed by atoms with Gasteiger partial charge in [0.25, 0.3) is 0 Å². The first-order valence-electron chi connectivity index (χ1n) is 7.25. The van der Waals surface area contributed by atoms with Gasteiger partial charge >= 0.3 is 0 Å². The van der Waals surface area contributed by atoms with Gasteiger partial charge in [-0.2, -0.15) is 0 Å². The molecule has 6 heteroatoms. The molecule has 1 saturated heterocycles. The molecular formula is C14H28BrNO3Si. The quantitative estimate of drug-likeness (QED) is 0.430. The summed E-state index contributed by atoms with van der Waals surface area (Å²) in [5, 5.41) is 13.3. The second-order valence-corrected chi connectivity index (χ2v) is 10.1. The monoisotopic (exact) mass is 365 g/mol. The molecule has 0 bridgehead atoms. The van der Waals surface area contributed by atoms with Crippen LogP contribution in [-0.2, 0) is 9.22 Å². The normalized spacial score (nSPS) is 27.8. The summed E-state index contributed by atoms with van der Waals surface area (Å²) < 4.78 is 6.31. The summed E-state index contributed by atoms with van der Waals surface area (Å²) >= 11 is 3.27. The van der Waals surface area contributed by atoms with Crippen molar-refractivity contribution in [2.24, 2.45) is 11.3 Å². The Bertz CT molecular complexity index is 359. The predicted molar refractivity (Wildman–Crippen MR) is 87.7 cm³/mol. The fraction of sp³-hybridized carbons (Fsp3) is 0.929. The van der Waals surface area contributed by atoms with Crippen LogP contribution < -0.4 is 5.32 Å². The number of amides is 1. The molecule has 0 aliphatic carbocycles. The standard InChI is InChI=1S/C14H28BrNO3Si/c1-13(2,3)14(4,19-20(5)6)11-10(16-12(11)18)7-9(17)8-15/h9-11,17,20H,7-8H2,1-6H3,(H,16,18)/t9?,10-,11-,14?/m1/s1. The maximum atomic E-state index is 12.1. The van der Waals surface area contributed by atoms with E-state index in [9.17, 15) is 9.90 Å². The molecule has 0 spiro atoms. The second kappa shape index (κ2) is 6.46. The molecule has 1 fully saturated rings. The van der Waals surface area contributed by atoms with Gasteiger partial charge in [0.05, 0.1) is 17.6 Å². The van der Waals surface area contributed by atoms with Crippen LogP contribution in [0.15, 0.2) is 0 Å². The summed E-state index contributed by atoms with van der Waals surface area (Å²) in [5.41, 5.74) is -0.628. The number of aliphatic hydroxyl groups excluding tert-OH is 1. The number of halogens is 1. The summed E-state index contributed by atoms with van der Waals surface area (Å²) in [7, 11) is -1.28. The van der Waals surface area contributed by atoms with Gasteiger partial charge in [0.15, 0.2) is 9.04 Å². The minimum absolute atomic E-state index is 0.00738. The summed E-state index contributed by atoms with van der Waals surface area (Å²) in [6.07, 6.45) is 0.125. The smallest absolute Gasteiger partial charge is 0.228 e. The van der Waals surface area contributed by atoms with E-state index in [1.165, 1.54) is 0 Å². The Balaban J connectivity index is 2.97. The zero-order valence-electron chi connectivity index (χ0n) is 13.4. The Morgan fingerprint density at radius 1 is 1.40 bits per heavy atom. The van der Waals surface area contributed by atoms with Gasteiger partial charge in [-0.25, -0.2) is 0 Å². The Morgan fingerprint density at radius 2 is 1.95 bits per heavy atom. The fourth-order valence-electron chi connectivity index (χ4n) is 2.83. The number of carbonyl (C=O) groups excluding carboxylic acids is 1. The van der Waals surface area contributed by atoms with E-state index in [2.05, 4.69) is 62.0 Å². The number of alkyl halides is 1. The maximum absolute atomic E-state index is 12.1. The van der Waals surface area contributed by atoms with Crippen molar-refractivity contribution in [3.05, 3.63) is 0 Å². The second-order valence-electron chi connectivity index (χ2n) is 7.16. The zero-order valence-corrected chi connectivity index (χ0v) is 16.1. The van der Waals surface area contributed by atoms with Crippen molar-refractivity contribution in [1.29, 1.82) is 0 Å². The molecule has 2 unspecified atom stereocenters. The molecule has 4 atom stereocenters. The highest BCUT2D eigenvalue weighted by Gasteiger charge is 2.57. The minimum atomic E-state index is -1.28. The van der Waals surface area contributed by atoms with Crippen LogP contribution >= 0.6 is 15.9 Å². The van der Waals surface area contributed by atoms with E-state index >= 15 is 0 Å². The molecule has 1 aliphatic heterocycles. The number of carbonyl (C=O) groups is 1. The number of hydrogen-bond donors (Lipinski definition) is 2. The highest BCUT2D eigenvalue weighted by Crippen LogP contribution is 2.45. The van der Waals surface area contributed by atoms with Gasteiger partial charge in [0.2, 0.25) is 5.91 Å². The van der Waals surface area contributed by atoms with E-state index in [0.29, 0.717) is 11.8 Å². The van der Waals surface area contributed by atoms with Gasteiger partial charge < -0.3 is 14.8 Å². The number of β-lactam (4-membered cyclic amide) rings is 1. The molecule has 20 heavy (non-hydrogen) atoms. The van der Waals surface area contributed by atoms with Crippen LogP contribution in [0.5, 0.6) is 0 Å². The topological polar surface area (TPSA) is 58.6 Å². The largest absolute Gasteiger partial charge is 0.414 e. The lowest BCUT2D eigenvalue weighted by atomic mass is 9.64. The molecule has 1 amide bonds. The van der Waals surface area contributed by atoms with Gasteiger partial charge in [0, 0.05) is 11.4 Å². The van der Waals surface area contributed by atoms with E-state index in [1.807, 2.05) is 0 Å². The number of hydrogen-bond acceptors (Lipinski definition) is 3. The van der Waals surface area contributed by atoms with Crippen LogP contribution in [0.2, 0.25) is 13.1 Å². The van der Waals surface area contributed by atoms with E-state index in [-0.39, 0.29) is 23.3 Å². The molecule has 0 aromatic carbocycles. The summed E-state index contributed by atoms with van der Waals surface area (Å²) in [4.78, 5) is 12.1. The van der Waals surface area contributed by atoms with Crippen molar-refractivity contribution in [3.8, 4) is 0 Å². The summed E-state index contributed by atoms with van der Waals surface area (Å²) in [6, 6.07) is -0.00738. The van der Waals surface area contributed by atoms with Crippen molar-refractivity contribution in [2.45, 2.75) is 65.0 Å². The van der Waals surface area contributed by atoms with E-state index < -0.39 is 20.7 Å². The third-order valence-corrected chi connectivity index (χ3v) is 5.99. The lowest BCUT2D eigenvalue weighted by molar-refractivity contribution is -0.160. The molecule has 0 aromatic rings. The third-order valence-electron chi connectivity index (χ3n) is 4.28. The van der Waals surface area contributed by atoms with E-state index in [4.69, 9.17) is 4.43 Å². The lowest BCUT2D eigenvalue weighted by Crippen LogP contribution is -2.70. The van der Waals surface area contributed by atoms with E-state index in [0.717, 1.165) is 0 Å². The summed E-state index contributed by atoms with van der Waals surface area (Å²) in [6.45, 7) is 12.7. The number of nitrogens with one attached hydrogen (secondary N) is 1. The summed E-state index contributed by atoms with van der Waals surface area (Å²) in [5.74, 6) is -0.144. The average Bonchev–Trinajstić information content (AvgIpc) is 2.24. The Morgan fingerprint density at radius 3 is 2.30 bits per heavy atom. The molecule has 0 saturated carbocycles. The average molecular weight is 366 g/mol. The predicted octanol–water partition coefficient (Wildman–Crippen LogP) is 2.05. The highest BCUT2D eigenvalue weighted by molar-refractivity contribution is 9.09. The number of aliphatic hydroxyl groups is 1. The molecule has 2 N–H and O–H groups in total. The first-order chi connectivity index (χ1) is 9.02. The molecule has 1 rings (SSSR count). The first kappa shape index (κ1) is 18.1. The highest BCUT2D eigenvalue weighted by atomic mass is 79.9. The van der Waals surface area contributed by atoms with Gasteiger partial charge in [0.1, 0.15) is 0 Å². The molecule has 118 valence electrons. The van der Waals surface area contributed by atoms with Crippen molar-refractivity contribution in [3.63, 3.8) is 0 Å². The molecule has 1 heterocycles. The zero-order chi connectivity index (χ0) is 15.7. The van der Waals surface area contributed by atoms with Crippen LogP contribution in [0.4, 0.5) is 0 Å². The molecule has 0 aromatic heterocycles.